The van der Waals surface area contributed by atoms with Crippen molar-refractivity contribution in [1.82, 2.24) is 0 Å². The molecule has 1 amide bonds. The quantitative estimate of drug-likeness (QED) is 0.612. The fourth-order valence-electron chi connectivity index (χ4n) is 2.81. The second kappa shape index (κ2) is 6.88. The van der Waals surface area contributed by atoms with E-state index in [2.05, 4.69) is 0 Å². The number of benzene rings is 2. The SMILES string of the molecule is O=C(OCc1ccccc1)N1CCCc2c([N+](=O)[O-])ccc(Cl)c21. The lowest BCUT2D eigenvalue weighted by Crippen LogP contribution is -2.36. The lowest BCUT2D eigenvalue weighted by atomic mass is 10.00. The van der Waals surface area contributed by atoms with E-state index in [1.165, 1.54) is 17.0 Å². The molecule has 3 rings (SSSR count). The summed E-state index contributed by atoms with van der Waals surface area (Å²) in [4.78, 5) is 24.6. The van der Waals surface area contributed by atoms with Crippen molar-refractivity contribution in [2.45, 2.75) is 19.4 Å². The van der Waals surface area contributed by atoms with Crippen LogP contribution in [0.3, 0.4) is 0 Å². The van der Waals surface area contributed by atoms with Crippen LogP contribution in [0.1, 0.15) is 17.5 Å². The van der Waals surface area contributed by atoms with E-state index >= 15 is 0 Å². The molecule has 0 saturated heterocycles. The van der Waals surface area contributed by atoms with E-state index in [1.54, 1.807) is 0 Å². The standard InChI is InChI=1S/C17H15ClN2O4/c18-14-8-9-15(20(22)23)13-7-4-10-19(16(13)14)17(21)24-11-12-5-2-1-3-6-12/h1-3,5-6,8-9H,4,7,10-11H2. The van der Waals surface area contributed by atoms with Gasteiger partial charge in [-0.3, -0.25) is 15.0 Å². The van der Waals surface area contributed by atoms with Crippen molar-refractivity contribution in [3.05, 3.63) is 68.7 Å². The fourth-order valence-corrected chi connectivity index (χ4v) is 3.09. The van der Waals surface area contributed by atoms with Crippen LogP contribution in [0.2, 0.25) is 5.02 Å². The molecule has 7 heteroatoms. The molecule has 0 atom stereocenters. The first kappa shape index (κ1) is 16.3. The normalized spacial score (nSPS) is 13.3. The van der Waals surface area contributed by atoms with Gasteiger partial charge in [0.25, 0.3) is 5.69 Å². The van der Waals surface area contributed by atoms with E-state index in [9.17, 15) is 14.9 Å². The van der Waals surface area contributed by atoms with Crippen LogP contribution in [0.15, 0.2) is 42.5 Å². The molecule has 0 aromatic heterocycles. The number of nitro groups is 1. The highest BCUT2D eigenvalue weighted by Crippen LogP contribution is 2.39. The van der Waals surface area contributed by atoms with E-state index < -0.39 is 11.0 Å². The Labute approximate surface area is 143 Å². The highest BCUT2D eigenvalue weighted by molar-refractivity contribution is 6.34. The molecule has 0 radical (unpaired) electrons. The minimum absolute atomic E-state index is 0.0186. The Balaban J connectivity index is 1.85. The lowest BCUT2D eigenvalue weighted by molar-refractivity contribution is -0.385. The summed E-state index contributed by atoms with van der Waals surface area (Å²) in [6, 6.07) is 12.1. The van der Waals surface area contributed by atoms with Crippen molar-refractivity contribution in [2.24, 2.45) is 0 Å². The molecular formula is C17H15ClN2O4. The van der Waals surface area contributed by atoms with Gasteiger partial charge in [0.1, 0.15) is 6.61 Å². The summed E-state index contributed by atoms with van der Waals surface area (Å²) in [6.45, 7) is 0.555. The third-order valence-corrected chi connectivity index (χ3v) is 4.21. The molecule has 0 fully saturated rings. The van der Waals surface area contributed by atoms with Gasteiger partial charge in [-0.25, -0.2) is 4.79 Å². The van der Waals surface area contributed by atoms with Gasteiger partial charge in [0.2, 0.25) is 0 Å². The summed E-state index contributed by atoms with van der Waals surface area (Å²) < 4.78 is 5.34. The van der Waals surface area contributed by atoms with E-state index in [0.717, 1.165) is 5.56 Å². The number of ether oxygens (including phenoxy) is 1. The summed E-state index contributed by atoms with van der Waals surface area (Å²) >= 11 is 6.20. The summed E-state index contributed by atoms with van der Waals surface area (Å²) in [7, 11) is 0. The van der Waals surface area contributed by atoms with Crippen molar-refractivity contribution in [3.63, 3.8) is 0 Å². The first-order valence-electron chi connectivity index (χ1n) is 7.52. The largest absolute Gasteiger partial charge is 0.444 e. The topological polar surface area (TPSA) is 72.7 Å². The minimum Gasteiger partial charge on any atom is -0.444 e. The van der Waals surface area contributed by atoms with Gasteiger partial charge in [-0.1, -0.05) is 41.9 Å². The average molecular weight is 347 g/mol. The summed E-state index contributed by atoms with van der Waals surface area (Å²) in [5.41, 5.74) is 1.72. The maximum atomic E-state index is 12.4. The zero-order valence-electron chi connectivity index (χ0n) is 12.8. The van der Waals surface area contributed by atoms with Gasteiger partial charge < -0.3 is 4.74 Å². The molecule has 1 heterocycles. The molecule has 0 bridgehead atoms. The van der Waals surface area contributed by atoms with Crippen molar-refractivity contribution in [3.8, 4) is 0 Å². The summed E-state index contributed by atoms with van der Waals surface area (Å²) in [5.74, 6) is 0. The van der Waals surface area contributed by atoms with Crippen LogP contribution >= 0.6 is 11.6 Å². The molecule has 1 aliphatic rings. The Kier molecular flexibility index (Phi) is 4.66. The van der Waals surface area contributed by atoms with Gasteiger partial charge in [0, 0.05) is 12.6 Å². The third-order valence-electron chi connectivity index (χ3n) is 3.91. The van der Waals surface area contributed by atoms with Gasteiger partial charge in [-0.05, 0) is 24.5 Å². The first-order valence-corrected chi connectivity index (χ1v) is 7.89. The molecule has 0 N–H and O–H groups in total. The van der Waals surface area contributed by atoms with Crippen LogP contribution in [0.25, 0.3) is 0 Å². The molecule has 2 aromatic rings. The smallest absolute Gasteiger partial charge is 0.414 e. The molecule has 24 heavy (non-hydrogen) atoms. The monoisotopic (exact) mass is 346 g/mol. The Morgan fingerprint density at radius 2 is 2.00 bits per heavy atom. The second-order valence-electron chi connectivity index (χ2n) is 5.45. The number of fused-ring (bicyclic) bond motifs is 1. The third kappa shape index (κ3) is 3.19. The van der Waals surface area contributed by atoms with Crippen LogP contribution in [0.5, 0.6) is 0 Å². The zero-order chi connectivity index (χ0) is 17.1. The van der Waals surface area contributed by atoms with Crippen LogP contribution in [0.4, 0.5) is 16.2 Å². The van der Waals surface area contributed by atoms with E-state index in [0.29, 0.717) is 35.7 Å². The Bertz CT molecular complexity index is 780. The van der Waals surface area contributed by atoms with E-state index in [4.69, 9.17) is 16.3 Å². The van der Waals surface area contributed by atoms with Gasteiger partial charge >= 0.3 is 6.09 Å². The van der Waals surface area contributed by atoms with E-state index in [-0.39, 0.29) is 12.3 Å². The lowest BCUT2D eigenvalue weighted by Gasteiger charge is -2.29. The number of hydrogen-bond donors (Lipinski definition) is 0. The first-order chi connectivity index (χ1) is 11.6. The number of nitro benzene ring substituents is 1. The number of amides is 1. The van der Waals surface area contributed by atoms with Crippen LogP contribution in [-0.4, -0.2) is 17.6 Å². The molecule has 124 valence electrons. The molecule has 0 aliphatic carbocycles. The van der Waals surface area contributed by atoms with Crippen molar-refractivity contribution in [1.29, 1.82) is 0 Å². The van der Waals surface area contributed by atoms with Crippen LogP contribution in [-0.2, 0) is 17.8 Å². The second-order valence-corrected chi connectivity index (χ2v) is 5.85. The maximum absolute atomic E-state index is 12.4. The number of hydrogen-bond acceptors (Lipinski definition) is 4. The average Bonchev–Trinajstić information content (AvgIpc) is 2.60. The Morgan fingerprint density at radius 3 is 2.71 bits per heavy atom. The number of nitrogens with zero attached hydrogens (tertiary/aromatic N) is 2. The molecule has 0 unspecified atom stereocenters. The van der Waals surface area contributed by atoms with Gasteiger partial charge in [0.05, 0.1) is 21.2 Å². The molecule has 0 spiro atoms. The summed E-state index contributed by atoms with van der Waals surface area (Å²) in [5, 5.41) is 11.5. The number of halogens is 1. The van der Waals surface area contributed by atoms with Gasteiger partial charge in [-0.15, -0.1) is 0 Å². The summed E-state index contributed by atoms with van der Waals surface area (Å²) in [6.07, 6.45) is 0.575. The van der Waals surface area contributed by atoms with Gasteiger partial charge in [-0.2, -0.15) is 0 Å². The highest BCUT2D eigenvalue weighted by Gasteiger charge is 2.31. The molecule has 1 aliphatic heterocycles. The fraction of sp³-hybridized carbons (Fsp3) is 0.235. The molecule has 6 nitrogen and oxygen atoms in total. The van der Waals surface area contributed by atoms with Crippen LogP contribution in [0, 0.1) is 10.1 Å². The van der Waals surface area contributed by atoms with Gasteiger partial charge in [0.15, 0.2) is 0 Å². The van der Waals surface area contributed by atoms with Crippen molar-refractivity contribution >= 4 is 29.1 Å². The molecular weight excluding hydrogens is 332 g/mol. The predicted octanol–water partition coefficient (Wildman–Crippen LogP) is 4.34. The molecule has 0 saturated carbocycles. The number of rotatable bonds is 3. The number of carbonyl (C=O) groups is 1. The molecule has 2 aromatic carbocycles. The minimum atomic E-state index is -0.554. The number of carbonyl (C=O) groups excluding carboxylic acids is 1. The number of anilines is 1. The zero-order valence-corrected chi connectivity index (χ0v) is 13.5. The van der Waals surface area contributed by atoms with Crippen molar-refractivity contribution in [2.75, 3.05) is 11.4 Å². The van der Waals surface area contributed by atoms with Crippen LogP contribution < -0.4 is 4.90 Å². The maximum Gasteiger partial charge on any atom is 0.414 e. The predicted molar refractivity (Wildman–Crippen MR) is 90.4 cm³/mol. The highest BCUT2D eigenvalue weighted by atomic mass is 35.5. The van der Waals surface area contributed by atoms with Crippen molar-refractivity contribution < 1.29 is 14.5 Å². The Morgan fingerprint density at radius 1 is 1.25 bits per heavy atom. The van der Waals surface area contributed by atoms with E-state index in [1.807, 2.05) is 30.3 Å². The Hall–Kier alpha value is -2.60.